The third-order valence-electron chi connectivity index (χ3n) is 4.56. The van der Waals surface area contributed by atoms with Gasteiger partial charge in [0.25, 0.3) is 5.89 Å². The Morgan fingerprint density at radius 3 is 2.59 bits per heavy atom. The highest BCUT2D eigenvalue weighted by Gasteiger charge is 2.19. The van der Waals surface area contributed by atoms with Crippen LogP contribution in [0.5, 0.6) is 5.75 Å². The molecular weight excluding hydrogens is 384 g/mol. The van der Waals surface area contributed by atoms with Crippen LogP contribution in [0.2, 0.25) is 5.02 Å². The highest BCUT2D eigenvalue weighted by Crippen LogP contribution is 2.20. The molecule has 142 valence electrons. The number of rotatable bonds is 7. The van der Waals surface area contributed by atoms with Gasteiger partial charge in [0.05, 0.1) is 12.1 Å². The SMILES string of the molecule is Clc1ccc(OCCN2CCN(Cc3noc(-c4ccsc4)n3)CC2)cc1. The molecule has 0 aliphatic carbocycles. The monoisotopic (exact) mass is 404 g/mol. The van der Waals surface area contributed by atoms with Gasteiger partial charge in [0.1, 0.15) is 12.4 Å². The van der Waals surface area contributed by atoms with Gasteiger partial charge in [0, 0.05) is 43.1 Å². The first-order valence-corrected chi connectivity index (χ1v) is 10.3. The topological polar surface area (TPSA) is 54.6 Å². The van der Waals surface area contributed by atoms with Crippen LogP contribution in [-0.4, -0.2) is 59.3 Å². The van der Waals surface area contributed by atoms with Gasteiger partial charge in [-0.15, -0.1) is 0 Å². The molecule has 3 heterocycles. The summed E-state index contributed by atoms with van der Waals surface area (Å²) in [5, 5.41) is 8.86. The van der Waals surface area contributed by atoms with E-state index in [9.17, 15) is 0 Å². The summed E-state index contributed by atoms with van der Waals surface area (Å²) in [6.45, 7) is 6.32. The van der Waals surface area contributed by atoms with Crippen LogP contribution in [0, 0.1) is 0 Å². The van der Waals surface area contributed by atoms with Crippen molar-refractivity contribution in [1.82, 2.24) is 19.9 Å². The molecule has 0 N–H and O–H groups in total. The largest absolute Gasteiger partial charge is 0.492 e. The minimum absolute atomic E-state index is 0.601. The summed E-state index contributed by atoms with van der Waals surface area (Å²) in [5.41, 5.74) is 0.990. The van der Waals surface area contributed by atoms with Crippen LogP contribution in [0.25, 0.3) is 11.5 Å². The molecule has 0 bridgehead atoms. The maximum absolute atomic E-state index is 5.88. The predicted octanol–water partition coefficient (Wildman–Crippen LogP) is 3.65. The van der Waals surface area contributed by atoms with Crippen molar-refractivity contribution in [3.8, 4) is 17.2 Å². The van der Waals surface area contributed by atoms with E-state index in [0.717, 1.165) is 61.4 Å². The molecule has 1 aromatic carbocycles. The lowest BCUT2D eigenvalue weighted by molar-refractivity contribution is 0.110. The van der Waals surface area contributed by atoms with Crippen molar-refractivity contribution in [2.75, 3.05) is 39.3 Å². The third kappa shape index (κ3) is 5.07. The molecule has 27 heavy (non-hydrogen) atoms. The highest BCUT2D eigenvalue weighted by atomic mass is 35.5. The van der Waals surface area contributed by atoms with Gasteiger partial charge in [0.15, 0.2) is 5.82 Å². The molecule has 3 aromatic rings. The van der Waals surface area contributed by atoms with Crippen molar-refractivity contribution >= 4 is 22.9 Å². The Balaban J connectivity index is 1.18. The van der Waals surface area contributed by atoms with Gasteiger partial charge in [-0.25, -0.2) is 0 Å². The molecule has 1 saturated heterocycles. The number of piperazine rings is 1. The van der Waals surface area contributed by atoms with Crippen molar-refractivity contribution in [3.05, 3.63) is 51.9 Å². The number of hydrogen-bond acceptors (Lipinski definition) is 7. The normalized spacial score (nSPS) is 15.9. The van der Waals surface area contributed by atoms with Crippen molar-refractivity contribution in [1.29, 1.82) is 0 Å². The van der Waals surface area contributed by atoms with E-state index in [4.69, 9.17) is 20.9 Å². The first kappa shape index (κ1) is 18.4. The molecule has 8 heteroatoms. The lowest BCUT2D eigenvalue weighted by atomic mass is 10.3. The molecule has 6 nitrogen and oxygen atoms in total. The zero-order valence-corrected chi connectivity index (χ0v) is 16.5. The van der Waals surface area contributed by atoms with Crippen molar-refractivity contribution in [2.24, 2.45) is 0 Å². The Hall–Kier alpha value is -1.93. The summed E-state index contributed by atoms with van der Waals surface area (Å²) in [6, 6.07) is 9.48. The lowest BCUT2D eigenvalue weighted by Crippen LogP contribution is -2.47. The zero-order valence-electron chi connectivity index (χ0n) is 14.9. The van der Waals surface area contributed by atoms with Gasteiger partial charge in [-0.1, -0.05) is 16.8 Å². The fourth-order valence-electron chi connectivity index (χ4n) is 3.02. The molecule has 4 rings (SSSR count). The molecule has 0 unspecified atom stereocenters. The van der Waals surface area contributed by atoms with Crippen LogP contribution in [-0.2, 0) is 6.54 Å². The standard InChI is InChI=1S/C19H21ClN4O2S/c20-16-1-3-17(4-2-16)25-11-10-23-6-8-24(9-7-23)13-18-21-19(26-22-18)15-5-12-27-14-15/h1-5,12,14H,6-11,13H2. The van der Waals surface area contributed by atoms with Gasteiger partial charge in [-0.05, 0) is 35.7 Å². The number of halogens is 1. The first-order chi connectivity index (χ1) is 13.3. The molecule has 0 radical (unpaired) electrons. The minimum Gasteiger partial charge on any atom is -0.492 e. The maximum Gasteiger partial charge on any atom is 0.258 e. The fourth-order valence-corrected chi connectivity index (χ4v) is 3.77. The third-order valence-corrected chi connectivity index (χ3v) is 5.49. The van der Waals surface area contributed by atoms with E-state index in [1.807, 2.05) is 41.1 Å². The van der Waals surface area contributed by atoms with E-state index in [2.05, 4.69) is 19.9 Å². The summed E-state index contributed by atoms with van der Waals surface area (Å²) in [4.78, 5) is 9.28. The van der Waals surface area contributed by atoms with Crippen LogP contribution in [0.15, 0.2) is 45.6 Å². The second-order valence-corrected chi connectivity index (χ2v) is 7.66. The quantitative estimate of drug-likeness (QED) is 0.599. The predicted molar refractivity (Wildman–Crippen MR) is 106 cm³/mol. The Labute approximate surface area is 167 Å². The van der Waals surface area contributed by atoms with Crippen molar-refractivity contribution in [3.63, 3.8) is 0 Å². The molecule has 1 aliphatic heterocycles. The Kier molecular flexibility index (Phi) is 6.03. The fraction of sp³-hybridized carbons (Fsp3) is 0.368. The van der Waals surface area contributed by atoms with Gasteiger partial charge < -0.3 is 9.26 Å². The van der Waals surface area contributed by atoms with E-state index in [-0.39, 0.29) is 0 Å². The highest BCUT2D eigenvalue weighted by molar-refractivity contribution is 7.08. The number of ether oxygens (including phenoxy) is 1. The number of thiophene rings is 1. The summed E-state index contributed by atoms with van der Waals surface area (Å²) >= 11 is 7.51. The van der Waals surface area contributed by atoms with Gasteiger partial charge in [-0.3, -0.25) is 9.80 Å². The molecule has 0 saturated carbocycles. The lowest BCUT2D eigenvalue weighted by Gasteiger charge is -2.33. The first-order valence-electron chi connectivity index (χ1n) is 8.94. The van der Waals surface area contributed by atoms with Gasteiger partial charge in [0.2, 0.25) is 0 Å². The Morgan fingerprint density at radius 1 is 1.07 bits per heavy atom. The summed E-state index contributed by atoms with van der Waals surface area (Å²) in [7, 11) is 0. The summed E-state index contributed by atoms with van der Waals surface area (Å²) in [6.07, 6.45) is 0. The molecule has 1 aliphatic rings. The van der Waals surface area contributed by atoms with Gasteiger partial charge in [-0.2, -0.15) is 16.3 Å². The molecular formula is C19H21ClN4O2S. The van der Waals surface area contributed by atoms with E-state index < -0.39 is 0 Å². The van der Waals surface area contributed by atoms with Crippen LogP contribution < -0.4 is 4.74 Å². The number of nitrogens with zero attached hydrogens (tertiary/aromatic N) is 4. The second-order valence-electron chi connectivity index (χ2n) is 6.45. The van der Waals surface area contributed by atoms with Crippen LogP contribution >= 0.6 is 22.9 Å². The van der Waals surface area contributed by atoms with Crippen LogP contribution in [0.4, 0.5) is 0 Å². The zero-order chi connectivity index (χ0) is 18.5. The van der Waals surface area contributed by atoms with Crippen LogP contribution in [0.1, 0.15) is 5.82 Å². The maximum atomic E-state index is 5.88. The molecule has 0 spiro atoms. The van der Waals surface area contributed by atoms with Gasteiger partial charge >= 0.3 is 0 Å². The number of hydrogen-bond donors (Lipinski definition) is 0. The van der Waals surface area contributed by atoms with E-state index in [0.29, 0.717) is 12.5 Å². The molecule has 1 fully saturated rings. The van der Waals surface area contributed by atoms with Crippen molar-refractivity contribution < 1.29 is 9.26 Å². The van der Waals surface area contributed by atoms with Crippen molar-refractivity contribution in [2.45, 2.75) is 6.54 Å². The smallest absolute Gasteiger partial charge is 0.258 e. The average molecular weight is 405 g/mol. The number of aromatic nitrogens is 2. The Morgan fingerprint density at radius 2 is 1.85 bits per heavy atom. The van der Waals surface area contributed by atoms with Crippen LogP contribution in [0.3, 0.4) is 0 Å². The molecule has 0 amide bonds. The number of benzene rings is 1. The Bertz CT molecular complexity index is 830. The van der Waals surface area contributed by atoms with E-state index in [1.54, 1.807) is 11.3 Å². The average Bonchev–Trinajstić information content (AvgIpc) is 3.36. The minimum atomic E-state index is 0.601. The summed E-state index contributed by atoms with van der Waals surface area (Å²) < 4.78 is 11.1. The second kappa shape index (κ2) is 8.84. The molecule has 0 atom stereocenters. The summed E-state index contributed by atoms with van der Waals surface area (Å²) in [5.74, 6) is 2.21. The molecule has 2 aromatic heterocycles. The van der Waals surface area contributed by atoms with E-state index in [1.165, 1.54) is 0 Å². The van der Waals surface area contributed by atoms with E-state index >= 15 is 0 Å².